The highest BCUT2D eigenvalue weighted by atomic mass is 16.6. The number of aliphatic hydroxyl groups is 1. The standard InChI is InChI=1S/C20H36O5/c1-3-4-11-15-19(25-17(2)21)18(22)14-12-9-7-5-6-8-10-13-16-20(23)24/h9,12,18-19,22H,3-8,10-11,13-16H2,1-2H3,(H,23,24). The Balaban J connectivity index is 3.83. The molecule has 0 aliphatic heterocycles. The predicted molar refractivity (Wildman–Crippen MR) is 99.4 cm³/mol. The van der Waals surface area contributed by atoms with Gasteiger partial charge in [0.15, 0.2) is 0 Å². The van der Waals surface area contributed by atoms with Gasteiger partial charge >= 0.3 is 11.9 Å². The first kappa shape index (κ1) is 23.6. The van der Waals surface area contributed by atoms with E-state index in [1.165, 1.54) is 6.92 Å². The number of hydrogen-bond donors (Lipinski definition) is 2. The zero-order valence-electron chi connectivity index (χ0n) is 15.9. The van der Waals surface area contributed by atoms with E-state index in [0.717, 1.165) is 57.8 Å². The summed E-state index contributed by atoms with van der Waals surface area (Å²) in [7, 11) is 0. The smallest absolute Gasteiger partial charge is 0.303 e. The Morgan fingerprint density at radius 3 is 2.32 bits per heavy atom. The Bertz CT molecular complexity index is 378. The fraction of sp³-hybridized carbons (Fsp3) is 0.800. The van der Waals surface area contributed by atoms with Gasteiger partial charge in [-0.05, 0) is 38.5 Å². The zero-order valence-corrected chi connectivity index (χ0v) is 15.9. The number of aliphatic carboxylic acids is 1. The Morgan fingerprint density at radius 1 is 1.00 bits per heavy atom. The molecule has 0 aromatic rings. The quantitative estimate of drug-likeness (QED) is 0.239. The second-order valence-electron chi connectivity index (χ2n) is 6.62. The van der Waals surface area contributed by atoms with E-state index in [0.29, 0.717) is 12.8 Å². The number of carboxylic acid groups (broad SMARTS) is 1. The number of ether oxygens (including phenoxy) is 1. The molecule has 0 saturated carbocycles. The van der Waals surface area contributed by atoms with E-state index in [4.69, 9.17) is 9.84 Å². The fourth-order valence-electron chi connectivity index (χ4n) is 2.71. The number of esters is 1. The number of carbonyl (C=O) groups excluding carboxylic acids is 1. The summed E-state index contributed by atoms with van der Waals surface area (Å²) in [4.78, 5) is 21.6. The van der Waals surface area contributed by atoms with Crippen LogP contribution in [0.3, 0.4) is 0 Å². The van der Waals surface area contributed by atoms with Crippen LogP contribution in [-0.4, -0.2) is 34.4 Å². The fourth-order valence-corrected chi connectivity index (χ4v) is 2.71. The van der Waals surface area contributed by atoms with Crippen molar-refractivity contribution in [1.29, 1.82) is 0 Å². The van der Waals surface area contributed by atoms with Crippen LogP contribution in [0.1, 0.15) is 90.9 Å². The lowest BCUT2D eigenvalue weighted by molar-refractivity contribution is -0.152. The van der Waals surface area contributed by atoms with Crippen LogP contribution in [0.2, 0.25) is 0 Å². The molecule has 0 saturated heterocycles. The Morgan fingerprint density at radius 2 is 1.68 bits per heavy atom. The normalized spacial score (nSPS) is 13.7. The minimum Gasteiger partial charge on any atom is -0.481 e. The average Bonchev–Trinajstić information content (AvgIpc) is 2.55. The molecule has 2 N–H and O–H groups in total. The van der Waals surface area contributed by atoms with Crippen molar-refractivity contribution in [3.63, 3.8) is 0 Å². The molecule has 0 heterocycles. The van der Waals surface area contributed by atoms with Gasteiger partial charge in [0.2, 0.25) is 0 Å². The van der Waals surface area contributed by atoms with Gasteiger partial charge < -0.3 is 14.9 Å². The molecule has 0 radical (unpaired) electrons. The maximum atomic E-state index is 11.2. The molecule has 0 bridgehead atoms. The molecule has 146 valence electrons. The molecule has 0 aliphatic carbocycles. The Labute approximate surface area is 152 Å². The first-order valence-electron chi connectivity index (χ1n) is 9.69. The third kappa shape index (κ3) is 15.9. The van der Waals surface area contributed by atoms with Crippen LogP contribution < -0.4 is 0 Å². The molecule has 5 nitrogen and oxygen atoms in total. The maximum Gasteiger partial charge on any atom is 0.303 e. The summed E-state index contributed by atoms with van der Waals surface area (Å²) in [5.74, 6) is -1.06. The van der Waals surface area contributed by atoms with Crippen molar-refractivity contribution in [2.24, 2.45) is 0 Å². The van der Waals surface area contributed by atoms with Crippen molar-refractivity contribution in [1.82, 2.24) is 0 Å². The molecule has 2 unspecified atom stereocenters. The lowest BCUT2D eigenvalue weighted by Crippen LogP contribution is -2.30. The first-order valence-corrected chi connectivity index (χ1v) is 9.69. The van der Waals surface area contributed by atoms with Gasteiger partial charge in [-0.15, -0.1) is 0 Å². The van der Waals surface area contributed by atoms with Crippen molar-refractivity contribution >= 4 is 11.9 Å². The molecule has 0 amide bonds. The molecule has 2 atom stereocenters. The third-order valence-electron chi connectivity index (χ3n) is 4.14. The molecule has 0 aromatic heterocycles. The van der Waals surface area contributed by atoms with Gasteiger partial charge in [-0.1, -0.05) is 51.2 Å². The summed E-state index contributed by atoms with van der Waals surface area (Å²) in [6.07, 6.45) is 13.5. The van der Waals surface area contributed by atoms with Crippen LogP contribution >= 0.6 is 0 Å². The highest BCUT2D eigenvalue weighted by Crippen LogP contribution is 2.14. The summed E-state index contributed by atoms with van der Waals surface area (Å²) >= 11 is 0. The van der Waals surface area contributed by atoms with E-state index in [9.17, 15) is 14.7 Å². The van der Waals surface area contributed by atoms with Crippen LogP contribution in [0.5, 0.6) is 0 Å². The summed E-state index contributed by atoms with van der Waals surface area (Å²) in [6, 6.07) is 0. The second kappa shape index (κ2) is 16.1. The number of unbranched alkanes of at least 4 members (excludes halogenated alkanes) is 7. The molecule has 0 spiro atoms. The topological polar surface area (TPSA) is 83.8 Å². The van der Waals surface area contributed by atoms with Crippen molar-refractivity contribution in [3.05, 3.63) is 12.2 Å². The minimum absolute atomic E-state index is 0.263. The van der Waals surface area contributed by atoms with Gasteiger partial charge in [0.05, 0.1) is 6.10 Å². The van der Waals surface area contributed by atoms with Gasteiger partial charge in [-0.3, -0.25) is 9.59 Å². The molecule has 5 heteroatoms. The van der Waals surface area contributed by atoms with Crippen LogP contribution in [0, 0.1) is 0 Å². The molecule has 0 rings (SSSR count). The number of aliphatic hydroxyl groups excluding tert-OH is 1. The van der Waals surface area contributed by atoms with Crippen molar-refractivity contribution < 1.29 is 24.5 Å². The van der Waals surface area contributed by atoms with Gasteiger partial charge in [-0.25, -0.2) is 0 Å². The van der Waals surface area contributed by atoms with E-state index >= 15 is 0 Å². The van der Waals surface area contributed by atoms with Gasteiger partial charge in [0.25, 0.3) is 0 Å². The van der Waals surface area contributed by atoms with Crippen LogP contribution in [0.15, 0.2) is 12.2 Å². The molecule has 0 fully saturated rings. The highest BCUT2D eigenvalue weighted by molar-refractivity contribution is 5.66. The zero-order chi connectivity index (χ0) is 18.9. The van der Waals surface area contributed by atoms with E-state index < -0.39 is 18.2 Å². The summed E-state index contributed by atoms with van der Waals surface area (Å²) in [5, 5.41) is 18.8. The lowest BCUT2D eigenvalue weighted by Gasteiger charge is -2.21. The Kier molecular flexibility index (Phi) is 15.2. The van der Waals surface area contributed by atoms with Crippen molar-refractivity contribution in [3.8, 4) is 0 Å². The molecule has 0 aromatic carbocycles. The number of hydrogen-bond acceptors (Lipinski definition) is 4. The van der Waals surface area contributed by atoms with Crippen LogP contribution in [0.4, 0.5) is 0 Å². The molecular weight excluding hydrogens is 320 g/mol. The molecule has 25 heavy (non-hydrogen) atoms. The van der Waals surface area contributed by atoms with Gasteiger partial charge in [0, 0.05) is 13.3 Å². The number of carbonyl (C=O) groups is 2. The van der Waals surface area contributed by atoms with Crippen molar-refractivity contribution in [2.45, 2.75) is 103 Å². The third-order valence-corrected chi connectivity index (χ3v) is 4.14. The van der Waals surface area contributed by atoms with E-state index in [1.807, 2.05) is 6.08 Å². The monoisotopic (exact) mass is 356 g/mol. The average molecular weight is 357 g/mol. The van der Waals surface area contributed by atoms with E-state index in [2.05, 4.69) is 13.0 Å². The maximum absolute atomic E-state index is 11.2. The minimum atomic E-state index is -0.719. The number of carboxylic acids is 1. The number of allylic oxidation sites excluding steroid dienone is 1. The first-order chi connectivity index (χ1) is 12.0. The number of rotatable bonds is 16. The predicted octanol–water partition coefficient (Wildman–Crippen LogP) is 4.62. The van der Waals surface area contributed by atoms with Crippen molar-refractivity contribution in [2.75, 3.05) is 0 Å². The lowest BCUT2D eigenvalue weighted by atomic mass is 10.0. The van der Waals surface area contributed by atoms with E-state index in [1.54, 1.807) is 0 Å². The largest absolute Gasteiger partial charge is 0.481 e. The summed E-state index contributed by atoms with van der Waals surface area (Å²) in [5.41, 5.74) is 0. The summed E-state index contributed by atoms with van der Waals surface area (Å²) < 4.78 is 5.24. The van der Waals surface area contributed by atoms with E-state index in [-0.39, 0.29) is 12.4 Å². The highest BCUT2D eigenvalue weighted by Gasteiger charge is 2.20. The SMILES string of the molecule is CCCCCC(OC(C)=O)C(O)CC=CCCCCCCCC(=O)O. The second-order valence-corrected chi connectivity index (χ2v) is 6.62. The van der Waals surface area contributed by atoms with Gasteiger partial charge in [-0.2, -0.15) is 0 Å². The Hall–Kier alpha value is -1.36. The van der Waals surface area contributed by atoms with Gasteiger partial charge in [0.1, 0.15) is 6.10 Å². The van der Waals surface area contributed by atoms with Crippen LogP contribution in [-0.2, 0) is 14.3 Å². The molecule has 0 aliphatic rings. The molecular formula is C20H36O5. The van der Waals surface area contributed by atoms with Crippen LogP contribution in [0.25, 0.3) is 0 Å². The summed E-state index contributed by atoms with van der Waals surface area (Å²) in [6.45, 7) is 3.50.